The number of likely N-dealkylation sites (N-methyl/N-ethyl adjacent to an activating group) is 1. The normalized spacial score (nSPS) is 16.9. The number of rotatable bonds is 6. The summed E-state index contributed by atoms with van der Waals surface area (Å²) < 4.78 is 5.60. The van der Waals surface area contributed by atoms with E-state index in [1.165, 1.54) is 0 Å². The highest BCUT2D eigenvalue weighted by molar-refractivity contribution is 5.77. The zero-order valence-corrected chi connectivity index (χ0v) is 12.2. The average Bonchev–Trinajstić information content (AvgIpc) is 2.86. The van der Waals surface area contributed by atoms with Gasteiger partial charge in [0, 0.05) is 19.0 Å². The molecule has 2 rings (SSSR count). The van der Waals surface area contributed by atoms with Crippen LogP contribution in [0.3, 0.4) is 0 Å². The SMILES string of the molecule is CN(CCOc1ccccc1)C(=O)CC1(N)CCCC1. The molecule has 0 radical (unpaired) electrons. The Morgan fingerprint density at radius 3 is 2.60 bits per heavy atom. The molecule has 1 aromatic carbocycles. The van der Waals surface area contributed by atoms with E-state index in [9.17, 15) is 4.79 Å². The third-order valence-electron chi connectivity index (χ3n) is 3.97. The lowest BCUT2D eigenvalue weighted by Gasteiger charge is -2.26. The summed E-state index contributed by atoms with van der Waals surface area (Å²) in [5.74, 6) is 0.950. The molecule has 20 heavy (non-hydrogen) atoms. The first-order chi connectivity index (χ1) is 9.59. The summed E-state index contributed by atoms with van der Waals surface area (Å²) in [7, 11) is 1.81. The summed E-state index contributed by atoms with van der Waals surface area (Å²) in [6.07, 6.45) is 4.67. The van der Waals surface area contributed by atoms with Crippen LogP contribution in [0.5, 0.6) is 5.75 Å². The van der Waals surface area contributed by atoms with Crippen molar-refractivity contribution in [2.75, 3.05) is 20.2 Å². The van der Waals surface area contributed by atoms with E-state index >= 15 is 0 Å². The van der Waals surface area contributed by atoms with Gasteiger partial charge in [-0.1, -0.05) is 31.0 Å². The Morgan fingerprint density at radius 1 is 1.30 bits per heavy atom. The maximum atomic E-state index is 12.1. The van der Waals surface area contributed by atoms with Crippen LogP contribution in [0.25, 0.3) is 0 Å². The molecule has 1 amide bonds. The number of nitrogens with two attached hydrogens (primary N) is 1. The van der Waals surface area contributed by atoms with E-state index in [2.05, 4.69) is 0 Å². The molecule has 1 aliphatic carbocycles. The number of carbonyl (C=O) groups is 1. The first-order valence-corrected chi connectivity index (χ1v) is 7.30. The van der Waals surface area contributed by atoms with Crippen molar-refractivity contribution in [3.63, 3.8) is 0 Å². The largest absolute Gasteiger partial charge is 0.492 e. The van der Waals surface area contributed by atoms with Gasteiger partial charge in [0.05, 0.1) is 6.54 Å². The van der Waals surface area contributed by atoms with Gasteiger partial charge in [0.15, 0.2) is 0 Å². The van der Waals surface area contributed by atoms with Gasteiger partial charge in [-0.3, -0.25) is 4.79 Å². The van der Waals surface area contributed by atoms with E-state index in [1.54, 1.807) is 4.90 Å². The Bertz CT molecular complexity index is 427. The van der Waals surface area contributed by atoms with Crippen LogP contribution in [0.4, 0.5) is 0 Å². The molecule has 0 atom stereocenters. The van der Waals surface area contributed by atoms with E-state index in [0.29, 0.717) is 19.6 Å². The van der Waals surface area contributed by atoms with E-state index in [4.69, 9.17) is 10.5 Å². The predicted octanol–water partition coefficient (Wildman–Crippen LogP) is 2.19. The van der Waals surface area contributed by atoms with Gasteiger partial charge in [0.2, 0.25) is 5.91 Å². The number of para-hydroxylation sites is 1. The smallest absolute Gasteiger partial charge is 0.224 e. The van der Waals surface area contributed by atoms with Crippen LogP contribution in [0.1, 0.15) is 32.1 Å². The Hall–Kier alpha value is -1.55. The standard InChI is InChI=1S/C16H24N2O2/c1-18(11-12-20-14-7-3-2-4-8-14)15(19)13-16(17)9-5-6-10-16/h2-4,7-8H,5-6,9-13,17H2,1H3. The maximum Gasteiger partial charge on any atom is 0.224 e. The molecule has 1 aliphatic rings. The molecule has 0 spiro atoms. The molecule has 4 nitrogen and oxygen atoms in total. The highest BCUT2D eigenvalue weighted by Crippen LogP contribution is 2.30. The quantitative estimate of drug-likeness (QED) is 0.866. The highest BCUT2D eigenvalue weighted by Gasteiger charge is 2.32. The van der Waals surface area contributed by atoms with E-state index in [1.807, 2.05) is 37.4 Å². The van der Waals surface area contributed by atoms with Gasteiger partial charge in [-0.2, -0.15) is 0 Å². The maximum absolute atomic E-state index is 12.1. The van der Waals surface area contributed by atoms with Crippen molar-refractivity contribution in [2.24, 2.45) is 5.73 Å². The minimum absolute atomic E-state index is 0.117. The lowest BCUT2D eigenvalue weighted by Crippen LogP contribution is -2.43. The summed E-state index contributed by atoms with van der Waals surface area (Å²) in [6, 6.07) is 9.64. The Morgan fingerprint density at radius 2 is 1.95 bits per heavy atom. The molecule has 1 saturated carbocycles. The highest BCUT2D eigenvalue weighted by atomic mass is 16.5. The van der Waals surface area contributed by atoms with Gasteiger partial charge in [-0.15, -0.1) is 0 Å². The van der Waals surface area contributed by atoms with Crippen molar-refractivity contribution in [1.82, 2.24) is 4.90 Å². The summed E-state index contributed by atoms with van der Waals surface area (Å²) in [4.78, 5) is 13.9. The second-order valence-corrected chi connectivity index (χ2v) is 5.72. The van der Waals surface area contributed by atoms with Gasteiger partial charge in [-0.25, -0.2) is 0 Å². The zero-order chi connectivity index (χ0) is 14.4. The van der Waals surface area contributed by atoms with Crippen LogP contribution in [-0.4, -0.2) is 36.5 Å². The number of nitrogens with zero attached hydrogens (tertiary/aromatic N) is 1. The molecule has 0 saturated heterocycles. The molecule has 0 unspecified atom stereocenters. The summed E-state index contributed by atoms with van der Waals surface area (Å²) in [6.45, 7) is 1.09. The second kappa shape index (κ2) is 6.75. The van der Waals surface area contributed by atoms with E-state index in [-0.39, 0.29) is 11.4 Å². The Kier molecular flexibility index (Phi) is 5.01. The molecule has 110 valence electrons. The van der Waals surface area contributed by atoms with Crippen LogP contribution in [0.15, 0.2) is 30.3 Å². The predicted molar refractivity (Wildman–Crippen MR) is 79.6 cm³/mol. The molecule has 0 aromatic heterocycles. The fourth-order valence-electron chi connectivity index (χ4n) is 2.63. The van der Waals surface area contributed by atoms with Crippen LogP contribution in [0, 0.1) is 0 Å². The van der Waals surface area contributed by atoms with E-state index < -0.39 is 0 Å². The molecular weight excluding hydrogens is 252 g/mol. The fraction of sp³-hybridized carbons (Fsp3) is 0.562. The topological polar surface area (TPSA) is 55.6 Å². The van der Waals surface area contributed by atoms with Crippen molar-refractivity contribution in [3.8, 4) is 5.75 Å². The van der Waals surface area contributed by atoms with Gasteiger partial charge in [-0.05, 0) is 25.0 Å². The van der Waals surface area contributed by atoms with Gasteiger partial charge in [0.25, 0.3) is 0 Å². The number of carbonyl (C=O) groups excluding carboxylic acids is 1. The van der Waals surface area contributed by atoms with Crippen LogP contribution in [-0.2, 0) is 4.79 Å². The van der Waals surface area contributed by atoms with Crippen molar-refractivity contribution in [3.05, 3.63) is 30.3 Å². The van der Waals surface area contributed by atoms with Crippen LogP contribution >= 0.6 is 0 Å². The molecule has 4 heteroatoms. The van der Waals surface area contributed by atoms with Crippen LogP contribution < -0.4 is 10.5 Å². The third kappa shape index (κ3) is 4.23. The zero-order valence-electron chi connectivity index (χ0n) is 12.2. The van der Waals surface area contributed by atoms with Crippen LogP contribution in [0.2, 0.25) is 0 Å². The summed E-state index contributed by atoms with van der Waals surface area (Å²) >= 11 is 0. The molecule has 1 fully saturated rings. The molecule has 0 aliphatic heterocycles. The first-order valence-electron chi connectivity index (χ1n) is 7.30. The first kappa shape index (κ1) is 14.9. The molecule has 0 heterocycles. The number of hydrogen-bond acceptors (Lipinski definition) is 3. The van der Waals surface area contributed by atoms with Crippen molar-refractivity contribution in [1.29, 1.82) is 0 Å². The molecule has 0 bridgehead atoms. The minimum atomic E-state index is -0.272. The summed E-state index contributed by atoms with van der Waals surface area (Å²) in [5, 5.41) is 0. The molecule has 2 N–H and O–H groups in total. The molecular formula is C16H24N2O2. The van der Waals surface area contributed by atoms with E-state index in [0.717, 1.165) is 31.4 Å². The van der Waals surface area contributed by atoms with Crippen molar-refractivity contribution in [2.45, 2.75) is 37.6 Å². The number of ether oxygens (including phenoxy) is 1. The van der Waals surface area contributed by atoms with Gasteiger partial charge >= 0.3 is 0 Å². The monoisotopic (exact) mass is 276 g/mol. The fourth-order valence-corrected chi connectivity index (χ4v) is 2.63. The summed E-state index contributed by atoms with van der Waals surface area (Å²) in [5.41, 5.74) is 5.97. The average molecular weight is 276 g/mol. The third-order valence-corrected chi connectivity index (χ3v) is 3.97. The lowest BCUT2D eigenvalue weighted by molar-refractivity contribution is -0.131. The number of amides is 1. The lowest BCUT2D eigenvalue weighted by atomic mass is 9.94. The molecule has 1 aromatic rings. The van der Waals surface area contributed by atoms with Gasteiger partial charge in [0.1, 0.15) is 12.4 Å². The van der Waals surface area contributed by atoms with Crippen molar-refractivity contribution >= 4 is 5.91 Å². The number of benzene rings is 1. The van der Waals surface area contributed by atoms with Gasteiger partial charge < -0.3 is 15.4 Å². The Balaban J connectivity index is 1.71. The second-order valence-electron chi connectivity index (χ2n) is 5.72. The van der Waals surface area contributed by atoms with Crippen molar-refractivity contribution < 1.29 is 9.53 Å². The Labute approximate surface area is 120 Å². The number of hydrogen-bond donors (Lipinski definition) is 1. The minimum Gasteiger partial charge on any atom is -0.492 e.